The number of ketones is 1. The molecule has 2 aromatic carbocycles. The second-order valence-electron chi connectivity index (χ2n) is 5.09. The Labute approximate surface area is 133 Å². The highest BCUT2D eigenvalue weighted by Gasteiger charge is 2.19. The van der Waals surface area contributed by atoms with E-state index in [-0.39, 0.29) is 17.5 Å². The summed E-state index contributed by atoms with van der Waals surface area (Å²) in [6, 6.07) is 16.7. The fraction of sp³-hybridized carbons (Fsp3) is 0.0526. The molecule has 3 aromatic rings. The number of amides is 1. The summed E-state index contributed by atoms with van der Waals surface area (Å²) in [5.41, 5.74) is 1.89. The lowest BCUT2D eigenvalue weighted by molar-refractivity contribution is -0.114. The smallest absolute Gasteiger partial charge is 0.223 e. The number of fused-ring (bicyclic) bond motifs is 1. The van der Waals surface area contributed by atoms with Crippen LogP contribution in [0.25, 0.3) is 17.0 Å². The maximum absolute atomic E-state index is 12.5. The predicted molar refractivity (Wildman–Crippen MR) is 90.3 cm³/mol. The first kappa shape index (κ1) is 14.8. The summed E-state index contributed by atoms with van der Waals surface area (Å²) in [6.07, 6.45) is 3.16. The van der Waals surface area contributed by atoms with E-state index in [1.54, 1.807) is 12.1 Å². The van der Waals surface area contributed by atoms with Crippen LogP contribution in [0.3, 0.4) is 0 Å². The highest BCUT2D eigenvalue weighted by atomic mass is 16.3. The van der Waals surface area contributed by atoms with Crippen LogP contribution < -0.4 is 5.32 Å². The average Bonchev–Trinajstić information content (AvgIpc) is 2.92. The summed E-state index contributed by atoms with van der Waals surface area (Å²) in [6.45, 7) is 1.40. The van der Waals surface area contributed by atoms with Crippen molar-refractivity contribution in [3.63, 3.8) is 0 Å². The van der Waals surface area contributed by atoms with Crippen LogP contribution in [0.4, 0.5) is 5.69 Å². The molecular weight excluding hydrogens is 290 g/mol. The Morgan fingerprint density at radius 2 is 1.70 bits per heavy atom. The quantitative estimate of drug-likeness (QED) is 0.578. The number of hydrogen-bond donors (Lipinski definition) is 1. The Morgan fingerprint density at radius 1 is 1.00 bits per heavy atom. The molecule has 1 N–H and O–H groups in total. The highest BCUT2D eigenvalue weighted by molar-refractivity contribution is 6.15. The Morgan fingerprint density at radius 3 is 2.43 bits per heavy atom. The Bertz CT molecular complexity index is 891. The number of para-hydroxylation sites is 1. The third kappa shape index (κ3) is 3.21. The third-order valence-corrected chi connectivity index (χ3v) is 3.35. The van der Waals surface area contributed by atoms with E-state index in [2.05, 4.69) is 5.32 Å². The van der Waals surface area contributed by atoms with Crippen LogP contribution in [0.5, 0.6) is 0 Å². The Kier molecular flexibility index (Phi) is 4.06. The van der Waals surface area contributed by atoms with Gasteiger partial charge < -0.3 is 9.73 Å². The van der Waals surface area contributed by atoms with Crippen molar-refractivity contribution in [3.05, 3.63) is 72.0 Å². The minimum atomic E-state index is -0.297. The van der Waals surface area contributed by atoms with E-state index in [9.17, 15) is 9.59 Å². The van der Waals surface area contributed by atoms with E-state index in [0.29, 0.717) is 16.7 Å². The van der Waals surface area contributed by atoms with Gasteiger partial charge in [0.15, 0.2) is 5.76 Å². The van der Waals surface area contributed by atoms with E-state index < -0.39 is 0 Å². The fourth-order valence-corrected chi connectivity index (χ4v) is 2.33. The number of hydrogen-bond acceptors (Lipinski definition) is 3. The van der Waals surface area contributed by atoms with Gasteiger partial charge in [-0.15, -0.1) is 0 Å². The van der Waals surface area contributed by atoms with Gasteiger partial charge in [-0.05, 0) is 23.8 Å². The van der Waals surface area contributed by atoms with Gasteiger partial charge in [0.05, 0.1) is 5.69 Å². The molecule has 4 heteroatoms. The number of carbonyl (C=O) groups is 2. The normalized spacial score (nSPS) is 11.0. The molecule has 1 aromatic heterocycles. The first-order valence-corrected chi connectivity index (χ1v) is 7.22. The van der Waals surface area contributed by atoms with Crippen molar-refractivity contribution >= 4 is 34.4 Å². The van der Waals surface area contributed by atoms with E-state index in [0.717, 1.165) is 5.56 Å². The lowest BCUT2D eigenvalue weighted by Crippen LogP contribution is -2.08. The van der Waals surface area contributed by atoms with Gasteiger partial charge >= 0.3 is 0 Å². The Balaban J connectivity index is 1.99. The van der Waals surface area contributed by atoms with Gasteiger partial charge in [0.2, 0.25) is 11.7 Å². The monoisotopic (exact) mass is 305 g/mol. The van der Waals surface area contributed by atoms with Crippen LogP contribution in [-0.2, 0) is 4.79 Å². The van der Waals surface area contributed by atoms with Crippen LogP contribution in [0.2, 0.25) is 0 Å². The van der Waals surface area contributed by atoms with Crippen molar-refractivity contribution in [2.24, 2.45) is 0 Å². The van der Waals surface area contributed by atoms with Crippen molar-refractivity contribution < 1.29 is 14.0 Å². The topological polar surface area (TPSA) is 59.3 Å². The van der Waals surface area contributed by atoms with E-state index in [1.165, 1.54) is 13.0 Å². The van der Waals surface area contributed by atoms with Crippen molar-refractivity contribution in [1.29, 1.82) is 0 Å². The van der Waals surface area contributed by atoms with Crippen molar-refractivity contribution in [1.82, 2.24) is 0 Å². The Hall–Kier alpha value is -3.14. The first-order chi connectivity index (χ1) is 11.1. The molecule has 0 unspecified atom stereocenters. The number of nitrogens with one attached hydrogen (secondary N) is 1. The number of benzene rings is 2. The SMILES string of the molecule is CC(=O)Nc1c(C(=O)C=Cc2ccccc2)oc2ccccc12. The molecule has 0 aliphatic carbocycles. The van der Waals surface area contributed by atoms with Gasteiger partial charge in [0.25, 0.3) is 0 Å². The molecule has 0 aliphatic heterocycles. The van der Waals surface area contributed by atoms with Gasteiger partial charge in [-0.3, -0.25) is 9.59 Å². The molecule has 0 saturated carbocycles. The molecule has 1 heterocycles. The summed E-state index contributed by atoms with van der Waals surface area (Å²) >= 11 is 0. The van der Waals surface area contributed by atoms with E-state index in [4.69, 9.17) is 4.42 Å². The molecule has 114 valence electrons. The largest absolute Gasteiger partial charge is 0.450 e. The van der Waals surface area contributed by atoms with Gasteiger partial charge in [-0.1, -0.05) is 48.5 Å². The standard InChI is InChI=1S/C19H15NO3/c1-13(21)20-18-15-9-5-6-10-17(15)23-19(18)16(22)12-11-14-7-3-2-4-8-14/h2-12H,1H3,(H,20,21). The molecule has 3 rings (SSSR count). The number of rotatable bonds is 4. The minimum Gasteiger partial charge on any atom is -0.450 e. The van der Waals surface area contributed by atoms with Crippen molar-refractivity contribution in [3.8, 4) is 0 Å². The lowest BCUT2D eigenvalue weighted by atomic mass is 10.1. The molecule has 4 nitrogen and oxygen atoms in total. The molecule has 23 heavy (non-hydrogen) atoms. The number of anilines is 1. The van der Waals surface area contributed by atoms with E-state index in [1.807, 2.05) is 48.5 Å². The first-order valence-electron chi connectivity index (χ1n) is 7.22. The van der Waals surface area contributed by atoms with Gasteiger partial charge in [-0.2, -0.15) is 0 Å². The van der Waals surface area contributed by atoms with Crippen LogP contribution in [-0.4, -0.2) is 11.7 Å². The zero-order valence-electron chi connectivity index (χ0n) is 12.6. The van der Waals surface area contributed by atoms with Gasteiger partial charge in [0, 0.05) is 12.3 Å². The molecular formula is C19H15NO3. The predicted octanol–water partition coefficient (Wildman–Crippen LogP) is 4.29. The van der Waals surface area contributed by atoms with Crippen LogP contribution in [0, 0.1) is 0 Å². The minimum absolute atomic E-state index is 0.133. The summed E-state index contributed by atoms with van der Waals surface area (Å²) < 4.78 is 5.63. The molecule has 0 fully saturated rings. The maximum Gasteiger partial charge on any atom is 0.223 e. The van der Waals surface area contributed by atoms with Crippen LogP contribution in [0.1, 0.15) is 23.0 Å². The molecule has 0 spiro atoms. The van der Waals surface area contributed by atoms with Gasteiger partial charge in [0.1, 0.15) is 5.58 Å². The van der Waals surface area contributed by atoms with E-state index >= 15 is 0 Å². The zero-order valence-corrected chi connectivity index (χ0v) is 12.6. The summed E-state index contributed by atoms with van der Waals surface area (Å²) in [7, 11) is 0. The summed E-state index contributed by atoms with van der Waals surface area (Å²) in [5.74, 6) is -0.417. The average molecular weight is 305 g/mol. The van der Waals surface area contributed by atoms with Gasteiger partial charge in [-0.25, -0.2) is 0 Å². The summed E-state index contributed by atoms with van der Waals surface area (Å²) in [4.78, 5) is 23.9. The summed E-state index contributed by atoms with van der Waals surface area (Å²) in [5, 5.41) is 3.40. The number of allylic oxidation sites excluding steroid dienone is 1. The molecule has 1 amide bonds. The maximum atomic E-state index is 12.5. The molecule has 0 bridgehead atoms. The molecule has 0 aliphatic rings. The highest BCUT2D eigenvalue weighted by Crippen LogP contribution is 2.31. The van der Waals surface area contributed by atoms with Crippen molar-refractivity contribution in [2.75, 3.05) is 5.32 Å². The number of furan rings is 1. The fourth-order valence-electron chi connectivity index (χ4n) is 2.33. The second kappa shape index (κ2) is 6.32. The molecule has 0 radical (unpaired) electrons. The second-order valence-corrected chi connectivity index (χ2v) is 5.09. The lowest BCUT2D eigenvalue weighted by Gasteiger charge is -2.01. The van der Waals surface area contributed by atoms with Crippen molar-refractivity contribution in [2.45, 2.75) is 6.92 Å². The number of carbonyl (C=O) groups excluding carboxylic acids is 2. The molecule has 0 atom stereocenters. The van der Waals surface area contributed by atoms with Crippen LogP contribution >= 0.6 is 0 Å². The molecule has 0 saturated heterocycles. The van der Waals surface area contributed by atoms with Crippen LogP contribution in [0.15, 0.2) is 65.1 Å². The zero-order chi connectivity index (χ0) is 16.2. The third-order valence-electron chi connectivity index (χ3n) is 3.35.